The van der Waals surface area contributed by atoms with Crippen LogP contribution in [-0.2, 0) is 46.4 Å². The van der Waals surface area contributed by atoms with Crippen LogP contribution in [0.1, 0.15) is 110 Å². The van der Waals surface area contributed by atoms with E-state index in [2.05, 4.69) is 37.2 Å². The van der Waals surface area contributed by atoms with Crippen molar-refractivity contribution < 1.29 is 43.2 Å². The lowest BCUT2D eigenvalue weighted by atomic mass is 9.83. The molecule has 4 aromatic rings. The minimum Gasteiger partial charge on any atom is -0.384 e. The first-order chi connectivity index (χ1) is 36.0. The molecule has 0 unspecified atom stereocenters. The number of carbonyl (C=O) groups is 9. The fourth-order valence-electron chi connectivity index (χ4n) is 9.30. The van der Waals surface area contributed by atoms with Crippen LogP contribution >= 0.6 is 0 Å². The summed E-state index contributed by atoms with van der Waals surface area (Å²) in [7, 11) is 0. The Morgan fingerprint density at radius 2 is 1.21 bits per heavy atom. The number of fused-ring (bicyclic) bond motifs is 2. The number of nitrogens with one attached hydrogen (secondary N) is 7. The number of ketones is 2. The van der Waals surface area contributed by atoms with Crippen molar-refractivity contribution in [2.75, 3.05) is 31.5 Å². The average molecular weight is 1030 g/mol. The molecule has 0 spiro atoms. The first-order valence-electron chi connectivity index (χ1n) is 25.9. The van der Waals surface area contributed by atoms with Crippen molar-refractivity contribution in [1.82, 2.24) is 36.8 Å². The highest BCUT2D eigenvalue weighted by molar-refractivity contribution is 6.30. The highest BCUT2D eigenvalue weighted by Crippen LogP contribution is 2.32. The standard InChI is InChI=1S/C57H71N9O9/c1-6-35(4)49(65-54(72)44(31-37-18-9-7-10-19-37)64-53(71)43(30-34(2)3)63-52(70)36(5)58)56(74)61-33-47(67)62-45(32-38-20-11-8-12-21-38)57(75)66-29-16-26-46(66)55(73)60-28-17-27-59-42-25-15-24-41-48(42)51(69)40-23-14-13-22-39(40)50(41)68/h7-15,18-25,34-36,43-46,49,59H,6,16-17,26-33,58H2,1-5H3,(H,60,73)(H,61,74)(H,62,67)(H,63,70)(H,64,71)(H,65,72)/t35-,36+,43-,44-,45-,46+,49-/m0/s1. The molecule has 1 aliphatic carbocycles. The number of likely N-dealkylation sites (tertiary alicyclic amines) is 1. The number of rotatable bonds is 25. The highest BCUT2D eigenvalue weighted by atomic mass is 16.2. The molecular formula is C57H71N9O9. The molecular weight excluding hydrogens is 955 g/mol. The van der Waals surface area contributed by atoms with Crippen molar-refractivity contribution in [3.8, 4) is 0 Å². The van der Waals surface area contributed by atoms with E-state index in [9.17, 15) is 43.2 Å². The molecule has 1 saturated heterocycles. The van der Waals surface area contributed by atoms with Gasteiger partial charge in [0.15, 0.2) is 11.6 Å². The van der Waals surface area contributed by atoms with Gasteiger partial charge >= 0.3 is 0 Å². The molecule has 1 fully saturated rings. The molecule has 18 heteroatoms. The minimum atomic E-state index is -1.16. The van der Waals surface area contributed by atoms with Crippen LogP contribution in [-0.4, -0.2) is 120 Å². The fourth-order valence-corrected chi connectivity index (χ4v) is 9.30. The summed E-state index contributed by atoms with van der Waals surface area (Å²) in [6.45, 7) is 9.29. The lowest BCUT2D eigenvalue weighted by Gasteiger charge is -2.29. The summed E-state index contributed by atoms with van der Waals surface area (Å²) in [5, 5.41) is 19.9. The van der Waals surface area contributed by atoms with Gasteiger partial charge < -0.3 is 47.9 Å². The van der Waals surface area contributed by atoms with E-state index in [1.807, 2.05) is 57.2 Å². The number of hydrogen-bond acceptors (Lipinski definition) is 11. The summed E-state index contributed by atoms with van der Waals surface area (Å²) in [5.74, 6) is -4.77. The molecule has 0 aromatic heterocycles. The minimum absolute atomic E-state index is 0.00580. The Morgan fingerprint density at radius 1 is 0.627 bits per heavy atom. The number of nitrogens with zero attached hydrogens (tertiary/aromatic N) is 1. The zero-order valence-corrected chi connectivity index (χ0v) is 43.4. The van der Waals surface area contributed by atoms with Gasteiger partial charge in [0.2, 0.25) is 41.4 Å². The molecule has 1 aliphatic heterocycles. The number of carbonyl (C=O) groups excluding carboxylic acids is 9. The lowest BCUT2D eigenvalue weighted by molar-refractivity contribution is -0.141. The third-order valence-electron chi connectivity index (χ3n) is 13.6. The Morgan fingerprint density at radius 3 is 1.84 bits per heavy atom. The predicted molar refractivity (Wildman–Crippen MR) is 284 cm³/mol. The Bertz CT molecular complexity index is 2700. The van der Waals surface area contributed by atoms with Gasteiger partial charge in [-0.2, -0.15) is 0 Å². The summed E-state index contributed by atoms with van der Waals surface area (Å²) >= 11 is 0. The van der Waals surface area contributed by atoms with Crippen molar-refractivity contribution in [3.05, 3.63) is 137 Å². The van der Waals surface area contributed by atoms with Crippen molar-refractivity contribution in [3.63, 3.8) is 0 Å². The number of anilines is 1. The second-order valence-electron chi connectivity index (χ2n) is 19.8. The zero-order valence-electron chi connectivity index (χ0n) is 43.4. The number of hydrogen-bond donors (Lipinski definition) is 8. The molecule has 4 aromatic carbocycles. The van der Waals surface area contributed by atoms with E-state index < -0.39 is 84.2 Å². The van der Waals surface area contributed by atoms with Crippen molar-refractivity contribution in [2.45, 2.75) is 116 Å². The smallest absolute Gasteiger partial charge is 0.246 e. The molecule has 6 rings (SSSR count). The van der Waals surface area contributed by atoms with Gasteiger partial charge in [-0.05, 0) is 61.6 Å². The maximum Gasteiger partial charge on any atom is 0.246 e. The average Bonchev–Trinajstić information content (AvgIpc) is 3.90. The molecule has 7 amide bonds. The number of nitrogens with two attached hydrogens (primary N) is 1. The van der Waals surface area contributed by atoms with Gasteiger partial charge in [-0.1, -0.05) is 131 Å². The van der Waals surface area contributed by atoms with E-state index in [4.69, 9.17) is 5.73 Å². The molecule has 18 nitrogen and oxygen atoms in total. The van der Waals surface area contributed by atoms with Gasteiger partial charge in [-0.15, -0.1) is 0 Å². The van der Waals surface area contributed by atoms with Crippen LogP contribution in [0.15, 0.2) is 103 Å². The molecule has 75 heavy (non-hydrogen) atoms. The third-order valence-corrected chi connectivity index (χ3v) is 13.6. The Hall–Kier alpha value is -7.73. The van der Waals surface area contributed by atoms with Crippen LogP contribution in [0.4, 0.5) is 5.69 Å². The van der Waals surface area contributed by atoms with E-state index in [1.54, 1.807) is 73.7 Å². The lowest BCUT2D eigenvalue weighted by Crippen LogP contribution is -2.59. The summed E-state index contributed by atoms with van der Waals surface area (Å²) in [5.41, 5.74) is 9.17. The zero-order chi connectivity index (χ0) is 54.2. The van der Waals surface area contributed by atoms with Crippen LogP contribution in [0.25, 0.3) is 0 Å². The summed E-state index contributed by atoms with van der Waals surface area (Å²) in [6, 6.07) is 23.9. The van der Waals surface area contributed by atoms with E-state index in [0.29, 0.717) is 60.2 Å². The monoisotopic (exact) mass is 1030 g/mol. The van der Waals surface area contributed by atoms with Crippen LogP contribution in [0.2, 0.25) is 0 Å². The molecule has 7 atom stereocenters. The third kappa shape index (κ3) is 15.2. The Balaban J connectivity index is 1.07. The molecule has 0 saturated carbocycles. The summed E-state index contributed by atoms with van der Waals surface area (Å²) in [4.78, 5) is 124. The first kappa shape index (κ1) is 56.6. The molecule has 2 aliphatic rings. The maximum atomic E-state index is 14.4. The Labute approximate surface area is 438 Å². The summed E-state index contributed by atoms with van der Waals surface area (Å²) < 4.78 is 0. The molecule has 0 radical (unpaired) electrons. The first-order valence-corrected chi connectivity index (χ1v) is 25.9. The van der Waals surface area contributed by atoms with Gasteiger partial charge in [0.1, 0.15) is 30.2 Å². The van der Waals surface area contributed by atoms with Crippen LogP contribution in [0, 0.1) is 11.8 Å². The second-order valence-corrected chi connectivity index (χ2v) is 19.8. The fraction of sp³-hybridized carbons (Fsp3) is 0.421. The number of amides is 7. The normalized spacial score (nSPS) is 16.2. The van der Waals surface area contributed by atoms with Gasteiger partial charge in [-0.3, -0.25) is 43.2 Å². The van der Waals surface area contributed by atoms with Crippen molar-refractivity contribution in [2.24, 2.45) is 17.6 Å². The van der Waals surface area contributed by atoms with Crippen molar-refractivity contribution >= 4 is 58.6 Å². The van der Waals surface area contributed by atoms with E-state index in [1.165, 1.54) is 11.8 Å². The maximum absolute atomic E-state index is 14.4. The Kier molecular flexibility index (Phi) is 20.4. The van der Waals surface area contributed by atoms with Gasteiger partial charge in [0.25, 0.3) is 0 Å². The van der Waals surface area contributed by atoms with Gasteiger partial charge in [-0.25, -0.2) is 0 Å². The molecule has 1 heterocycles. The van der Waals surface area contributed by atoms with E-state index in [-0.39, 0.29) is 55.7 Å². The molecule has 0 bridgehead atoms. The molecule has 398 valence electrons. The quantitative estimate of drug-likeness (QED) is 0.0393. The molecule has 9 N–H and O–H groups in total. The second kappa shape index (κ2) is 27.0. The van der Waals surface area contributed by atoms with Gasteiger partial charge in [0.05, 0.1) is 18.2 Å². The topological polar surface area (TPSA) is 267 Å². The highest BCUT2D eigenvalue weighted by Gasteiger charge is 2.39. The van der Waals surface area contributed by atoms with E-state index in [0.717, 1.165) is 11.1 Å². The summed E-state index contributed by atoms with van der Waals surface area (Å²) in [6.07, 6.45) is 2.35. The van der Waals surface area contributed by atoms with Crippen LogP contribution < -0.4 is 43.0 Å². The predicted octanol–water partition coefficient (Wildman–Crippen LogP) is 3.35. The largest absolute Gasteiger partial charge is 0.384 e. The van der Waals surface area contributed by atoms with Crippen LogP contribution in [0.3, 0.4) is 0 Å². The number of benzene rings is 4. The van der Waals surface area contributed by atoms with Crippen molar-refractivity contribution in [1.29, 1.82) is 0 Å². The van der Waals surface area contributed by atoms with E-state index >= 15 is 0 Å². The van der Waals surface area contributed by atoms with Crippen LogP contribution in [0.5, 0.6) is 0 Å². The van der Waals surface area contributed by atoms with Gasteiger partial charge in [0, 0.05) is 54.9 Å². The SMILES string of the molecule is CC[C@H](C)[C@H](NC(=O)[C@H](Cc1ccccc1)NC(=O)[C@H](CC(C)C)NC(=O)[C@@H](C)N)C(=O)NCC(=O)N[C@@H](Cc1ccccc1)C(=O)N1CCC[C@@H]1C(=O)NCCCNc1cccc2c1C(=O)c1ccccc1C2=O.